The van der Waals surface area contributed by atoms with Crippen molar-refractivity contribution in [2.24, 2.45) is 0 Å². The standard InChI is InChI=1S/C12H14N2OS.BrH/c13-12-14(8-9-16-12)7-6-11(15)10-4-2-1-3-5-10;/h1-5,13H,6-9H2;1H/p-1. The SMILES string of the molecule is N=C1SCCN1CCC(=O)c1ccccc1.[Br-]. The summed E-state index contributed by atoms with van der Waals surface area (Å²) in [6.07, 6.45) is 0.493. The van der Waals surface area contributed by atoms with Crippen LogP contribution in [0.2, 0.25) is 0 Å². The third-order valence-electron chi connectivity index (χ3n) is 2.59. The van der Waals surface area contributed by atoms with Crippen molar-refractivity contribution in [2.75, 3.05) is 18.8 Å². The van der Waals surface area contributed by atoms with E-state index < -0.39 is 0 Å². The van der Waals surface area contributed by atoms with Crippen LogP contribution >= 0.6 is 11.8 Å². The highest BCUT2D eigenvalue weighted by Gasteiger charge is 2.18. The van der Waals surface area contributed by atoms with E-state index in [2.05, 4.69) is 0 Å². The van der Waals surface area contributed by atoms with E-state index >= 15 is 0 Å². The normalized spacial score (nSPS) is 14.6. The lowest BCUT2D eigenvalue weighted by Crippen LogP contribution is -3.00. The van der Waals surface area contributed by atoms with Gasteiger partial charge in [-0.1, -0.05) is 42.1 Å². The molecule has 0 bridgehead atoms. The van der Waals surface area contributed by atoms with Gasteiger partial charge in [0.2, 0.25) is 0 Å². The van der Waals surface area contributed by atoms with Gasteiger partial charge in [0.05, 0.1) is 0 Å². The van der Waals surface area contributed by atoms with Gasteiger partial charge < -0.3 is 21.9 Å². The second kappa shape index (κ2) is 6.81. The van der Waals surface area contributed by atoms with E-state index in [-0.39, 0.29) is 22.8 Å². The third-order valence-corrected chi connectivity index (χ3v) is 3.51. The van der Waals surface area contributed by atoms with Gasteiger partial charge in [-0.05, 0) is 0 Å². The summed E-state index contributed by atoms with van der Waals surface area (Å²) in [5.74, 6) is 1.13. The number of carbonyl (C=O) groups is 1. The number of ketones is 1. The average Bonchev–Trinajstić information content (AvgIpc) is 2.73. The van der Waals surface area contributed by atoms with Gasteiger partial charge in [0.15, 0.2) is 11.0 Å². The van der Waals surface area contributed by atoms with Crippen LogP contribution in [0.15, 0.2) is 30.3 Å². The van der Waals surface area contributed by atoms with Crippen LogP contribution in [-0.4, -0.2) is 34.7 Å². The van der Waals surface area contributed by atoms with Crippen molar-refractivity contribution in [1.29, 1.82) is 5.41 Å². The number of hydrogen-bond donors (Lipinski definition) is 1. The number of hydrogen-bond acceptors (Lipinski definition) is 3. The van der Waals surface area contributed by atoms with Crippen molar-refractivity contribution in [3.63, 3.8) is 0 Å². The zero-order valence-corrected chi connectivity index (χ0v) is 11.8. The summed E-state index contributed by atoms with van der Waals surface area (Å²) in [5, 5.41) is 8.23. The molecule has 0 amide bonds. The zero-order chi connectivity index (χ0) is 11.4. The van der Waals surface area contributed by atoms with Gasteiger partial charge in [0, 0.05) is 30.8 Å². The Balaban J connectivity index is 0.00000144. The Hall–Kier alpha value is -0.810. The minimum atomic E-state index is 0. The second-order valence-electron chi connectivity index (χ2n) is 3.68. The number of Topliss-reactive ketones (excluding diaryl/α,β-unsaturated/α-hetero) is 1. The topological polar surface area (TPSA) is 44.2 Å². The molecule has 0 aliphatic carbocycles. The molecule has 1 aromatic rings. The van der Waals surface area contributed by atoms with Crippen LogP contribution < -0.4 is 17.0 Å². The van der Waals surface area contributed by atoms with Crippen molar-refractivity contribution in [2.45, 2.75) is 6.42 Å². The van der Waals surface area contributed by atoms with Crippen molar-refractivity contribution in [3.05, 3.63) is 35.9 Å². The first-order valence-corrected chi connectivity index (χ1v) is 6.30. The highest BCUT2D eigenvalue weighted by Crippen LogP contribution is 2.16. The predicted octanol–water partition coefficient (Wildman–Crippen LogP) is -0.753. The molecule has 1 saturated heterocycles. The monoisotopic (exact) mass is 313 g/mol. The number of nitrogens with zero attached hydrogens (tertiary/aromatic N) is 1. The van der Waals surface area contributed by atoms with Crippen LogP contribution in [0.3, 0.4) is 0 Å². The summed E-state index contributed by atoms with van der Waals surface area (Å²) in [4.78, 5) is 13.8. The molecule has 0 radical (unpaired) electrons. The van der Waals surface area contributed by atoms with Gasteiger partial charge in [-0.3, -0.25) is 10.2 Å². The molecule has 1 aliphatic heterocycles. The van der Waals surface area contributed by atoms with E-state index in [1.54, 1.807) is 11.8 Å². The summed E-state index contributed by atoms with van der Waals surface area (Å²) >= 11 is 1.55. The molecule has 0 aromatic heterocycles. The molecular formula is C12H14BrN2OS-. The number of halogens is 1. The Labute approximate surface area is 116 Å². The van der Waals surface area contributed by atoms with Crippen molar-refractivity contribution < 1.29 is 21.8 Å². The fraction of sp³-hybridized carbons (Fsp3) is 0.333. The highest BCUT2D eigenvalue weighted by atomic mass is 79.9. The summed E-state index contributed by atoms with van der Waals surface area (Å²) in [7, 11) is 0. The Morgan fingerprint density at radius 1 is 1.35 bits per heavy atom. The summed E-state index contributed by atoms with van der Waals surface area (Å²) in [6, 6.07) is 9.34. The van der Waals surface area contributed by atoms with Crippen LogP contribution in [0.4, 0.5) is 0 Å². The van der Waals surface area contributed by atoms with E-state index in [9.17, 15) is 4.79 Å². The van der Waals surface area contributed by atoms with Crippen molar-refractivity contribution in [1.82, 2.24) is 4.90 Å². The Kier molecular flexibility index (Phi) is 5.71. The largest absolute Gasteiger partial charge is 1.00 e. The number of benzene rings is 1. The smallest absolute Gasteiger partial charge is 0.164 e. The van der Waals surface area contributed by atoms with Crippen LogP contribution in [0.1, 0.15) is 16.8 Å². The zero-order valence-electron chi connectivity index (χ0n) is 9.36. The summed E-state index contributed by atoms with van der Waals surface area (Å²) < 4.78 is 0. The molecule has 1 aromatic carbocycles. The number of amidine groups is 1. The molecule has 1 aliphatic rings. The minimum absolute atomic E-state index is 0. The summed E-state index contributed by atoms with van der Waals surface area (Å²) in [5.41, 5.74) is 0.765. The molecule has 1 heterocycles. The fourth-order valence-corrected chi connectivity index (χ4v) is 2.53. The Morgan fingerprint density at radius 2 is 2.06 bits per heavy atom. The first kappa shape index (κ1) is 14.3. The second-order valence-corrected chi connectivity index (χ2v) is 4.76. The molecule has 0 atom stereocenters. The van der Waals surface area contributed by atoms with Crippen LogP contribution in [0.25, 0.3) is 0 Å². The van der Waals surface area contributed by atoms with Gasteiger partial charge in [-0.2, -0.15) is 0 Å². The lowest BCUT2D eigenvalue weighted by molar-refractivity contribution is -0.0000115. The summed E-state index contributed by atoms with van der Waals surface area (Å²) in [6.45, 7) is 1.56. The van der Waals surface area contributed by atoms with E-state index in [1.807, 2.05) is 35.2 Å². The molecule has 92 valence electrons. The van der Waals surface area contributed by atoms with Gasteiger partial charge in [0.1, 0.15) is 0 Å². The Bertz CT molecular complexity index is 397. The first-order valence-electron chi connectivity index (χ1n) is 5.32. The fourth-order valence-electron chi connectivity index (χ4n) is 1.66. The maximum atomic E-state index is 11.8. The molecule has 1 fully saturated rings. The van der Waals surface area contributed by atoms with Crippen LogP contribution in [0, 0.1) is 5.41 Å². The molecule has 17 heavy (non-hydrogen) atoms. The first-order chi connectivity index (χ1) is 7.77. The number of nitrogens with one attached hydrogen (secondary N) is 1. The van der Waals surface area contributed by atoms with Gasteiger partial charge >= 0.3 is 0 Å². The van der Waals surface area contributed by atoms with Crippen LogP contribution in [0.5, 0.6) is 0 Å². The van der Waals surface area contributed by atoms with Gasteiger partial charge in [0.25, 0.3) is 0 Å². The minimum Gasteiger partial charge on any atom is -1.00 e. The molecule has 3 nitrogen and oxygen atoms in total. The van der Waals surface area contributed by atoms with Crippen molar-refractivity contribution in [3.8, 4) is 0 Å². The van der Waals surface area contributed by atoms with E-state index in [4.69, 9.17) is 5.41 Å². The number of thioether (sulfide) groups is 1. The molecule has 0 unspecified atom stereocenters. The maximum absolute atomic E-state index is 11.8. The highest BCUT2D eigenvalue weighted by molar-refractivity contribution is 8.14. The van der Waals surface area contributed by atoms with Gasteiger partial charge in [-0.15, -0.1) is 0 Å². The van der Waals surface area contributed by atoms with Crippen molar-refractivity contribution >= 4 is 22.7 Å². The van der Waals surface area contributed by atoms with Gasteiger partial charge in [-0.25, -0.2) is 0 Å². The van der Waals surface area contributed by atoms with E-state index in [0.29, 0.717) is 18.1 Å². The molecular weight excluding hydrogens is 300 g/mol. The average molecular weight is 314 g/mol. The number of carbonyl (C=O) groups excluding carboxylic acids is 1. The van der Waals surface area contributed by atoms with E-state index in [1.165, 1.54) is 0 Å². The lowest BCUT2D eigenvalue weighted by Gasteiger charge is -2.15. The lowest BCUT2D eigenvalue weighted by atomic mass is 10.1. The van der Waals surface area contributed by atoms with Crippen LogP contribution in [-0.2, 0) is 0 Å². The third kappa shape index (κ3) is 3.85. The Morgan fingerprint density at radius 3 is 2.65 bits per heavy atom. The molecule has 0 spiro atoms. The molecule has 0 saturated carbocycles. The maximum Gasteiger partial charge on any atom is 0.164 e. The molecule has 5 heteroatoms. The van der Waals surface area contributed by atoms with E-state index in [0.717, 1.165) is 17.9 Å². The molecule has 2 rings (SSSR count). The number of rotatable bonds is 4. The predicted molar refractivity (Wildman–Crippen MR) is 67.1 cm³/mol. The quantitative estimate of drug-likeness (QED) is 0.744. The molecule has 1 N–H and O–H groups in total.